The van der Waals surface area contributed by atoms with E-state index in [2.05, 4.69) is 10.3 Å². The van der Waals surface area contributed by atoms with Crippen molar-refractivity contribution in [3.8, 4) is 0 Å². The van der Waals surface area contributed by atoms with Gasteiger partial charge in [0.05, 0.1) is 22.3 Å². The number of hydrogen-bond donors (Lipinski definition) is 1. The van der Waals surface area contributed by atoms with Crippen LogP contribution in [0, 0.1) is 10.1 Å². The van der Waals surface area contributed by atoms with Crippen LogP contribution in [0.4, 0.5) is 5.69 Å². The van der Waals surface area contributed by atoms with Gasteiger partial charge in [0.15, 0.2) is 0 Å². The Labute approximate surface area is 134 Å². The zero-order valence-corrected chi connectivity index (χ0v) is 13.5. The number of aliphatic imine (C=N–C) groups is 1. The molecule has 0 spiro atoms. The number of nitro groups is 1. The van der Waals surface area contributed by atoms with Crippen molar-refractivity contribution in [2.75, 3.05) is 0 Å². The molecule has 7 nitrogen and oxygen atoms in total. The minimum absolute atomic E-state index is 0.0944. The molecule has 1 N–H and O–H groups in total. The number of allylic oxidation sites excluding steroid dienone is 1. The van der Waals surface area contributed by atoms with Gasteiger partial charge in [-0.25, -0.2) is 4.79 Å². The molecule has 1 atom stereocenters. The Morgan fingerprint density at radius 1 is 1.39 bits per heavy atom. The average Bonchev–Trinajstić information content (AvgIpc) is 2.45. The molecule has 0 aromatic heterocycles. The van der Waals surface area contributed by atoms with E-state index < -0.39 is 10.9 Å². The minimum atomic E-state index is -0.547. The van der Waals surface area contributed by atoms with Gasteiger partial charge < -0.3 is 10.1 Å². The van der Waals surface area contributed by atoms with Crippen molar-refractivity contribution in [3.63, 3.8) is 0 Å². The summed E-state index contributed by atoms with van der Waals surface area (Å²) in [7, 11) is 0. The Hall–Kier alpha value is -2.70. The highest BCUT2D eigenvalue weighted by molar-refractivity contribution is 6.28. The van der Waals surface area contributed by atoms with Crippen LogP contribution in [0.2, 0.25) is 0 Å². The molecular formula is C16H19N3O4. The van der Waals surface area contributed by atoms with Gasteiger partial charge in [-0.1, -0.05) is 12.1 Å². The van der Waals surface area contributed by atoms with E-state index in [0.717, 1.165) is 0 Å². The second-order valence-corrected chi connectivity index (χ2v) is 5.53. The number of nitro benzene ring substituents is 1. The second-order valence-electron chi connectivity index (χ2n) is 5.53. The van der Waals surface area contributed by atoms with E-state index in [0.29, 0.717) is 11.3 Å². The standard InChI is InChI=1S/C16H19N3O4/c1-9(2)23-16(20)14-10(3)17-11(4)18-15(14)12-7-5-6-8-13(12)19(21)22/h5-9,11,17H,1-4H3. The van der Waals surface area contributed by atoms with Crippen molar-refractivity contribution in [3.05, 3.63) is 51.2 Å². The number of benzene rings is 1. The maximum Gasteiger partial charge on any atom is 0.342 e. The summed E-state index contributed by atoms with van der Waals surface area (Å²) in [6.07, 6.45) is -0.588. The van der Waals surface area contributed by atoms with Gasteiger partial charge in [-0.15, -0.1) is 0 Å². The molecule has 0 aliphatic carbocycles. The van der Waals surface area contributed by atoms with Crippen LogP contribution < -0.4 is 5.32 Å². The van der Waals surface area contributed by atoms with Crippen molar-refractivity contribution in [2.45, 2.75) is 40.0 Å². The fourth-order valence-electron chi connectivity index (χ4n) is 2.41. The van der Waals surface area contributed by atoms with Crippen molar-refractivity contribution >= 4 is 17.4 Å². The topological polar surface area (TPSA) is 93.8 Å². The molecule has 0 saturated heterocycles. The maximum absolute atomic E-state index is 12.4. The van der Waals surface area contributed by atoms with Gasteiger partial charge in [-0.3, -0.25) is 15.1 Å². The van der Waals surface area contributed by atoms with Crippen molar-refractivity contribution in [1.29, 1.82) is 0 Å². The molecule has 1 aromatic carbocycles. The number of hydrogen-bond acceptors (Lipinski definition) is 6. The SMILES string of the molecule is CC1=C(C(=O)OC(C)C)C(c2ccccc2[N+](=O)[O-])=NC(C)N1. The van der Waals surface area contributed by atoms with Crippen LogP contribution in [0.25, 0.3) is 0 Å². The van der Waals surface area contributed by atoms with Crippen molar-refractivity contribution < 1.29 is 14.5 Å². The Balaban J connectivity index is 2.58. The number of esters is 1. The molecule has 122 valence electrons. The third kappa shape index (κ3) is 3.56. The summed E-state index contributed by atoms with van der Waals surface area (Å²) < 4.78 is 5.26. The van der Waals surface area contributed by atoms with Crippen LogP contribution in [0.1, 0.15) is 33.3 Å². The Kier molecular flexibility index (Phi) is 4.78. The highest BCUT2D eigenvalue weighted by atomic mass is 16.6. The molecule has 0 fully saturated rings. The predicted molar refractivity (Wildman–Crippen MR) is 86.2 cm³/mol. The molecule has 0 saturated carbocycles. The number of carbonyl (C=O) groups is 1. The number of rotatable bonds is 4. The quantitative estimate of drug-likeness (QED) is 0.523. The van der Waals surface area contributed by atoms with E-state index >= 15 is 0 Å². The van der Waals surface area contributed by atoms with Gasteiger partial charge in [-0.05, 0) is 33.8 Å². The summed E-state index contributed by atoms with van der Waals surface area (Å²) in [6, 6.07) is 6.24. The van der Waals surface area contributed by atoms with Crippen molar-refractivity contribution in [1.82, 2.24) is 5.32 Å². The van der Waals surface area contributed by atoms with E-state index in [1.54, 1.807) is 39.0 Å². The number of nitrogens with one attached hydrogen (secondary N) is 1. The van der Waals surface area contributed by atoms with E-state index in [1.807, 2.05) is 6.92 Å². The molecular weight excluding hydrogens is 298 g/mol. The minimum Gasteiger partial charge on any atom is -0.459 e. The lowest BCUT2D eigenvalue weighted by Crippen LogP contribution is -2.35. The first kappa shape index (κ1) is 16.7. The van der Waals surface area contributed by atoms with Crippen LogP contribution in [0.15, 0.2) is 40.5 Å². The smallest absolute Gasteiger partial charge is 0.342 e. The average molecular weight is 317 g/mol. The molecule has 1 aliphatic heterocycles. The lowest BCUT2D eigenvalue weighted by Gasteiger charge is -2.24. The number of carbonyl (C=O) groups excluding carboxylic acids is 1. The first-order chi connectivity index (χ1) is 10.8. The van der Waals surface area contributed by atoms with Gasteiger partial charge in [0.1, 0.15) is 11.7 Å². The summed E-state index contributed by atoms with van der Waals surface area (Å²) in [5.41, 5.74) is 1.31. The zero-order valence-electron chi connectivity index (χ0n) is 13.5. The van der Waals surface area contributed by atoms with Gasteiger partial charge in [-0.2, -0.15) is 0 Å². The molecule has 23 heavy (non-hydrogen) atoms. The molecule has 2 rings (SSSR count). The summed E-state index contributed by atoms with van der Waals surface area (Å²) in [4.78, 5) is 27.6. The number of nitrogens with zero attached hydrogens (tertiary/aromatic N) is 2. The highest BCUT2D eigenvalue weighted by Gasteiger charge is 2.31. The predicted octanol–water partition coefficient (Wildman–Crippen LogP) is 2.56. The maximum atomic E-state index is 12.4. The summed E-state index contributed by atoms with van der Waals surface area (Å²) in [6.45, 7) is 7.03. The molecule has 0 radical (unpaired) electrons. The molecule has 7 heteroatoms. The summed E-state index contributed by atoms with van der Waals surface area (Å²) >= 11 is 0. The van der Waals surface area contributed by atoms with Crippen LogP contribution in [-0.4, -0.2) is 28.9 Å². The Morgan fingerprint density at radius 2 is 2.04 bits per heavy atom. The molecule has 0 amide bonds. The number of para-hydroxylation sites is 1. The van der Waals surface area contributed by atoms with Gasteiger partial charge in [0.25, 0.3) is 5.69 Å². The fourth-order valence-corrected chi connectivity index (χ4v) is 2.41. The lowest BCUT2D eigenvalue weighted by molar-refractivity contribution is -0.385. The van der Waals surface area contributed by atoms with Crippen LogP contribution in [0.3, 0.4) is 0 Å². The van der Waals surface area contributed by atoms with Crippen LogP contribution in [0.5, 0.6) is 0 Å². The number of ether oxygens (including phenoxy) is 1. The monoisotopic (exact) mass is 317 g/mol. The summed E-state index contributed by atoms with van der Waals surface area (Å²) in [5.74, 6) is -0.547. The van der Waals surface area contributed by atoms with E-state index in [-0.39, 0.29) is 29.2 Å². The van der Waals surface area contributed by atoms with E-state index in [1.165, 1.54) is 6.07 Å². The Bertz CT molecular complexity index is 707. The third-order valence-corrected chi connectivity index (χ3v) is 3.26. The molecule has 1 aromatic rings. The highest BCUT2D eigenvalue weighted by Crippen LogP contribution is 2.26. The largest absolute Gasteiger partial charge is 0.459 e. The normalized spacial score (nSPS) is 17.6. The van der Waals surface area contributed by atoms with E-state index in [9.17, 15) is 14.9 Å². The molecule has 0 bridgehead atoms. The first-order valence-electron chi connectivity index (χ1n) is 7.31. The van der Waals surface area contributed by atoms with Gasteiger partial charge in [0.2, 0.25) is 0 Å². The summed E-state index contributed by atoms with van der Waals surface area (Å²) in [5, 5.41) is 14.3. The Morgan fingerprint density at radius 3 is 2.65 bits per heavy atom. The zero-order chi connectivity index (χ0) is 17.1. The van der Waals surface area contributed by atoms with Crippen molar-refractivity contribution in [2.24, 2.45) is 4.99 Å². The van der Waals surface area contributed by atoms with Crippen LogP contribution >= 0.6 is 0 Å². The van der Waals surface area contributed by atoms with Gasteiger partial charge in [0, 0.05) is 11.8 Å². The van der Waals surface area contributed by atoms with Gasteiger partial charge >= 0.3 is 5.97 Å². The molecule has 1 unspecified atom stereocenters. The fraction of sp³-hybridized carbons (Fsp3) is 0.375. The first-order valence-corrected chi connectivity index (χ1v) is 7.31. The van der Waals surface area contributed by atoms with E-state index in [4.69, 9.17) is 4.74 Å². The van der Waals surface area contributed by atoms with Crippen LogP contribution in [-0.2, 0) is 9.53 Å². The second kappa shape index (κ2) is 6.60. The third-order valence-electron chi connectivity index (χ3n) is 3.26. The molecule has 1 heterocycles. The molecule has 1 aliphatic rings. The lowest BCUT2D eigenvalue weighted by atomic mass is 9.97.